The highest BCUT2D eigenvalue weighted by atomic mass is 16.7. The predicted octanol–water partition coefficient (Wildman–Crippen LogP) is 5.46. The van der Waals surface area contributed by atoms with Gasteiger partial charge in [-0.15, -0.1) is 0 Å². The standard InChI is InChI=1S/C20H32O2/c1-4-6-7-8-14-20(3)21-15-19(16-22-20)18-12-10-17(9-5-2)11-13-18/h10-13,19H,4-9,14-16H2,1-3H3/t19-,20-. The van der Waals surface area contributed by atoms with Crippen LogP contribution in [0.25, 0.3) is 0 Å². The zero-order chi connectivity index (χ0) is 15.8. The van der Waals surface area contributed by atoms with Crippen LogP contribution in [0.2, 0.25) is 0 Å². The first-order valence-corrected chi connectivity index (χ1v) is 9.03. The van der Waals surface area contributed by atoms with Gasteiger partial charge in [-0.05, 0) is 30.9 Å². The average molecular weight is 304 g/mol. The van der Waals surface area contributed by atoms with Crippen LogP contribution in [0.4, 0.5) is 0 Å². The highest BCUT2D eigenvalue weighted by molar-refractivity contribution is 5.26. The summed E-state index contributed by atoms with van der Waals surface area (Å²) in [6, 6.07) is 8.98. The summed E-state index contributed by atoms with van der Waals surface area (Å²) in [5.74, 6) is 0.00578. The molecule has 124 valence electrons. The molecule has 1 aliphatic heterocycles. The molecule has 2 nitrogen and oxygen atoms in total. The second kappa shape index (κ2) is 8.69. The minimum Gasteiger partial charge on any atom is -0.350 e. The maximum absolute atomic E-state index is 6.07. The van der Waals surface area contributed by atoms with E-state index in [0.29, 0.717) is 5.92 Å². The van der Waals surface area contributed by atoms with Crippen LogP contribution >= 0.6 is 0 Å². The van der Waals surface area contributed by atoms with Gasteiger partial charge in [-0.25, -0.2) is 0 Å². The summed E-state index contributed by atoms with van der Waals surface area (Å²) in [6.45, 7) is 8.11. The second-order valence-corrected chi connectivity index (χ2v) is 6.75. The van der Waals surface area contributed by atoms with Gasteiger partial charge in [-0.3, -0.25) is 0 Å². The van der Waals surface area contributed by atoms with Crippen LogP contribution in [-0.2, 0) is 15.9 Å². The van der Waals surface area contributed by atoms with Crippen molar-refractivity contribution in [3.63, 3.8) is 0 Å². The Morgan fingerprint density at radius 1 is 0.955 bits per heavy atom. The van der Waals surface area contributed by atoms with Gasteiger partial charge in [0.2, 0.25) is 0 Å². The van der Waals surface area contributed by atoms with Crippen molar-refractivity contribution < 1.29 is 9.47 Å². The molecule has 0 amide bonds. The van der Waals surface area contributed by atoms with Crippen LogP contribution in [0.15, 0.2) is 24.3 Å². The van der Waals surface area contributed by atoms with E-state index in [4.69, 9.17) is 9.47 Å². The molecule has 1 aliphatic rings. The summed E-state index contributed by atoms with van der Waals surface area (Å²) in [4.78, 5) is 0. The highest BCUT2D eigenvalue weighted by Crippen LogP contribution is 2.31. The molecule has 0 bridgehead atoms. The van der Waals surface area contributed by atoms with E-state index in [1.54, 1.807) is 0 Å². The first-order valence-electron chi connectivity index (χ1n) is 9.03. The van der Waals surface area contributed by atoms with Gasteiger partial charge < -0.3 is 9.47 Å². The van der Waals surface area contributed by atoms with E-state index >= 15 is 0 Å². The number of benzene rings is 1. The minimum atomic E-state index is -0.369. The molecular weight excluding hydrogens is 272 g/mol. The lowest BCUT2D eigenvalue weighted by molar-refractivity contribution is -0.266. The number of ether oxygens (including phenoxy) is 2. The van der Waals surface area contributed by atoms with Gasteiger partial charge in [0.15, 0.2) is 5.79 Å². The molecule has 0 radical (unpaired) electrons. The van der Waals surface area contributed by atoms with Crippen LogP contribution in [-0.4, -0.2) is 19.0 Å². The number of aryl methyl sites for hydroxylation is 1. The van der Waals surface area contributed by atoms with Crippen molar-refractivity contribution in [2.75, 3.05) is 13.2 Å². The summed E-state index contributed by atoms with van der Waals surface area (Å²) < 4.78 is 12.1. The molecule has 1 aromatic carbocycles. The first kappa shape index (κ1) is 17.5. The molecule has 1 fully saturated rings. The minimum absolute atomic E-state index is 0.369. The van der Waals surface area contributed by atoms with Gasteiger partial charge in [-0.1, -0.05) is 63.8 Å². The Bertz CT molecular complexity index is 416. The Kier molecular flexibility index (Phi) is 6.91. The van der Waals surface area contributed by atoms with E-state index in [1.165, 1.54) is 43.2 Å². The van der Waals surface area contributed by atoms with Crippen LogP contribution < -0.4 is 0 Å². The molecule has 2 heteroatoms. The second-order valence-electron chi connectivity index (χ2n) is 6.75. The Morgan fingerprint density at radius 3 is 2.23 bits per heavy atom. The maximum atomic E-state index is 6.07. The van der Waals surface area contributed by atoms with Crippen molar-refractivity contribution in [1.82, 2.24) is 0 Å². The van der Waals surface area contributed by atoms with Crippen molar-refractivity contribution >= 4 is 0 Å². The molecule has 22 heavy (non-hydrogen) atoms. The van der Waals surface area contributed by atoms with Crippen LogP contribution in [0.5, 0.6) is 0 Å². The zero-order valence-corrected chi connectivity index (χ0v) is 14.6. The molecule has 1 saturated heterocycles. The molecule has 0 unspecified atom stereocenters. The van der Waals surface area contributed by atoms with Gasteiger partial charge in [0.1, 0.15) is 0 Å². The number of hydrogen-bond donors (Lipinski definition) is 0. The third-order valence-corrected chi connectivity index (χ3v) is 4.65. The molecule has 2 rings (SSSR count). The van der Waals surface area contributed by atoms with Gasteiger partial charge >= 0.3 is 0 Å². The Balaban J connectivity index is 1.80. The fraction of sp³-hybridized carbons (Fsp3) is 0.700. The third kappa shape index (κ3) is 5.10. The van der Waals surface area contributed by atoms with E-state index < -0.39 is 0 Å². The lowest BCUT2D eigenvalue weighted by Crippen LogP contribution is -2.40. The zero-order valence-electron chi connectivity index (χ0n) is 14.6. The van der Waals surface area contributed by atoms with E-state index in [-0.39, 0.29) is 5.79 Å². The topological polar surface area (TPSA) is 18.5 Å². The average Bonchev–Trinajstić information content (AvgIpc) is 2.54. The fourth-order valence-corrected chi connectivity index (χ4v) is 3.10. The summed E-state index contributed by atoms with van der Waals surface area (Å²) in [7, 11) is 0. The van der Waals surface area contributed by atoms with Crippen molar-refractivity contribution in [3.8, 4) is 0 Å². The molecule has 1 heterocycles. The van der Waals surface area contributed by atoms with Gasteiger partial charge in [0.25, 0.3) is 0 Å². The van der Waals surface area contributed by atoms with E-state index in [0.717, 1.165) is 26.1 Å². The molecule has 0 aliphatic carbocycles. The van der Waals surface area contributed by atoms with Crippen molar-refractivity contribution in [3.05, 3.63) is 35.4 Å². The molecular formula is C20H32O2. The van der Waals surface area contributed by atoms with Crippen molar-refractivity contribution in [1.29, 1.82) is 0 Å². The Morgan fingerprint density at radius 2 is 1.64 bits per heavy atom. The molecule has 0 aromatic heterocycles. The van der Waals surface area contributed by atoms with Gasteiger partial charge in [-0.2, -0.15) is 0 Å². The molecule has 0 atom stereocenters. The van der Waals surface area contributed by atoms with Crippen LogP contribution in [0, 0.1) is 0 Å². The Labute approximate surface area is 136 Å². The summed E-state index contributed by atoms with van der Waals surface area (Å²) in [5, 5.41) is 0. The summed E-state index contributed by atoms with van der Waals surface area (Å²) in [6.07, 6.45) is 8.42. The van der Waals surface area contributed by atoms with E-state index in [1.807, 2.05) is 0 Å². The van der Waals surface area contributed by atoms with Crippen LogP contribution in [0.1, 0.15) is 76.3 Å². The van der Waals surface area contributed by atoms with E-state index in [2.05, 4.69) is 45.0 Å². The SMILES string of the molecule is CCCCCC[C@]1(C)OC[C@@H](c2ccc(CCC)cc2)CO1. The molecule has 0 spiro atoms. The Hall–Kier alpha value is -0.860. The van der Waals surface area contributed by atoms with Gasteiger partial charge in [0.05, 0.1) is 13.2 Å². The fourth-order valence-electron chi connectivity index (χ4n) is 3.10. The quantitative estimate of drug-likeness (QED) is 0.594. The predicted molar refractivity (Wildman–Crippen MR) is 92.2 cm³/mol. The number of unbranched alkanes of at least 4 members (excludes halogenated alkanes) is 3. The molecule has 0 saturated carbocycles. The lowest BCUT2D eigenvalue weighted by Gasteiger charge is -2.38. The molecule has 0 N–H and O–H groups in total. The summed E-state index contributed by atoms with van der Waals surface area (Å²) in [5.41, 5.74) is 2.76. The van der Waals surface area contributed by atoms with Gasteiger partial charge in [0, 0.05) is 12.3 Å². The monoisotopic (exact) mass is 304 g/mol. The highest BCUT2D eigenvalue weighted by Gasteiger charge is 2.32. The largest absolute Gasteiger partial charge is 0.350 e. The third-order valence-electron chi connectivity index (χ3n) is 4.65. The maximum Gasteiger partial charge on any atom is 0.165 e. The smallest absolute Gasteiger partial charge is 0.165 e. The van der Waals surface area contributed by atoms with Crippen LogP contribution in [0.3, 0.4) is 0 Å². The molecule has 1 aromatic rings. The summed E-state index contributed by atoms with van der Waals surface area (Å²) >= 11 is 0. The number of hydrogen-bond acceptors (Lipinski definition) is 2. The number of rotatable bonds is 8. The van der Waals surface area contributed by atoms with Crippen molar-refractivity contribution in [2.45, 2.75) is 77.4 Å². The first-order chi connectivity index (χ1) is 10.7. The van der Waals surface area contributed by atoms with Crippen molar-refractivity contribution in [2.24, 2.45) is 0 Å². The normalized spacial score (nSPS) is 25.3. The lowest BCUT2D eigenvalue weighted by atomic mass is 9.97. The van der Waals surface area contributed by atoms with E-state index in [9.17, 15) is 0 Å².